The zero-order valence-electron chi connectivity index (χ0n) is 8.65. The first kappa shape index (κ1) is 9.93. The van der Waals surface area contributed by atoms with Gasteiger partial charge in [-0.1, -0.05) is 0 Å². The van der Waals surface area contributed by atoms with Crippen LogP contribution in [0.4, 0.5) is 0 Å². The molecular formula is C10H18N2O2. The minimum atomic E-state index is 0.144. The molecule has 2 atom stereocenters. The highest BCUT2D eigenvalue weighted by molar-refractivity contribution is 5.79. The lowest BCUT2D eigenvalue weighted by Crippen LogP contribution is -2.38. The molecule has 4 nitrogen and oxygen atoms in total. The van der Waals surface area contributed by atoms with Gasteiger partial charge >= 0.3 is 0 Å². The van der Waals surface area contributed by atoms with Crippen LogP contribution in [0, 0.1) is 5.92 Å². The van der Waals surface area contributed by atoms with Crippen LogP contribution in [0.5, 0.6) is 0 Å². The molecule has 0 bridgehead atoms. The van der Waals surface area contributed by atoms with Gasteiger partial charge in [0, 0.05) is 38.1 Å². The van der Waals surface area contributed by atoms with E-state index in [1.54, 1.807) is 0 Å². The normalized spacial score (nSPS) is 34.4. The number of likely N-dealkylation sites (N-methyl/N-ethyl adjacent to an activating group) is 1. The second-order valence-electron chi connectivity index (χ2n) is 4.50. The molecule has 2 aliphatic rings. The van der Waals surface area contributed by atoms with E-state index in [0.29, 0.717) is 12.5 Å². The quantitative estimate of drug-likeness (QED) is 0.652. The Labute approximate surface area is 84.5 Å². The van der Waals surface area contributed by atoms with E-state index in [9.17, 15) is 4.79 Å². The van der Waals surface area contributed by atoms with Crippen molar-refractivity contribution in [3.63, 3.8) is 0 Å². The number of carbonyl (C=O) groups is 1. The summed E-state index contributed by atoms with van der Waals surface area (Å²) in [5, 5.41) is 9.01. The minimum absolute atomic E-state index is 0.144. The number of aliphatic hydroxyl groups is 1. The van der Waals surface area contributed by atoms with Gasteiger partial charge in [-0.25, -0.2) is 0 Å². The Hall–Kier alpha value is -0.610. The number of carbonyl (C=O) groups excluding carboxylic acids is 1. The molecule has 0 spiro atoms. The van der Waals surface area contributed by atoms with Crippen LogP contribution in [-0.4, -0.2) is 60.1 Å². The maximum atomic E-state index is 11.6. The second kappa shape index (κ2) is 3.87. The number of likely N-dealkylation sites (tertiary alicyclic amines) is 2. The third-order valence-electron chi connectivity index (χ3n) is 3.30. The van der Waals surface area contributed by atoms with E-state index in [2.05, 4.69) is 11.9 Å². The molecule has 2 heterocycles. The molecule has 1 N–H and O–H groups in total. The third kappa shape index (κ3) is 1.77. The molecule has 4 heteroatoms. The molecule has 0 aliphatic carbocycles. The molecule has 2 saturated heterocycles. The highest BCUT2D eigenvalue weighted by Crippen LogP contribution is 2.23. The van der Waals surface area contributed by atoms with Crippen LogP contribution in [0.3, 0.4) is 0 Å². The molecule has 1 amide bonds. The summed E-state index contributed by atoms with van der Waals surface area (Å²) in [5.41, 5.74) is 0. The van der Waals surface area contributed by atoms with Gasteiger partial charge < -0.3 is 14.9 Å². The predicted octanol–water partition coefficient (Wildman–Crippen LogP) is -0.469. The minimum Gasteiger partial charge on any atom is -0.396 e. The van der Waals surface area contributed by atoms with Gasteiger partial charge in [-0.15, -0.1) is 0 Å². The third-order valence-corrected chi connectivity index (χ3v) is 3.30. The van der Waals surface area contributed by atoms with Gasteiger partial charge in [-0.3, -0.25) is 4.79 Å². The smallest absolute Gasteiger partial charge is 0.223 e. The Morgan fingerprint density at radius 2 is 2.29 bits per heavy atom. The van der Waals surface area contributed by atoms with Crippen LogP contribution in [0.1, 0.15) is 12.8 Å². The topological polar surface area (TPSA) is 43.8 Å². The average molecular weight is 198 g/mol. The first-order valence-electron chi connectivity index (χ1n) is 5.29. The largest absolute Gasteiger partial charge is 0.396 e. The van der Waals surface area contributed by atoms with Crippen molar-refractivity contribution in [1.29, 1.82) is 0 Å². The molecule has 0 aromatic carbocycles. The lowest BCUT2D eigenvalue weighted by atomic mass is 10.1. The Bertz CT molecular complexity index is 232. The van der Waals surface area contributed by atoms with Crippen molar-refractivity contribution >= 4 is 5.91 Å². The fraction of sp³-hybridized carbons (Fsp3) is 0.900. The van der Waals surface area contributed by atoms with Crippen LogP contribution in [0.2, 0.25) is 0 Å². The van der Waals surface area contributed by atoms with E-state index < -0.39 is 0 Å². The summed E-state index contributed by atoms with van der Waals surface area (Å²) < 4.78 is 0. The maximum Gasteiger partial charge on any atom is 0.223 e. The highest BCUT2D eigenvalue weighted by atomic mass is 16.3. The van der Waals surface area contributed by atoms with Crippen molar-refractivity contribution in [3.05, 3.63) is 0 Å². The molecule has 0 radical (unpaired) electrons. The summed E-state index contributed by atoms with van der Waals surface area (Å²) in [6.07, 6.45) is 1.62. The van der Waals surface area contributed by atoms with Gasteiger partial charge in [0.05, 0.1) is 0 Å². The molecule has 0 saturated carbocycles. The molecule has 14 heavy (non-hydrogen) atoms. The zero-order valence-corrected chi connectivity index (χ0v) is 8.65. The molecule has 2 fully saturated rings. The maximum absolute atomic E-state index is 11.6. The van der Waals surface area contributed by atoms with Gasteiger partial charge in [0.15, 0.2) is 0 Å². The van der Waals surface area contributed by atoms with E-state index in [-0.39, 0.29) is 18.4 Å². The number of aliphatic hydroxyl groups excluding tert-OH is 1. The van der Waals surface area contributed by atoms with Crippen LogP contribution < -0.4 is 0 Å². The van der Waals surface area contributed by atoms with Crippen LogP contribution >= 0.6 is 0 Å². The Kier molecular flexibility index (Phi) is 2.74. The van der Waals surface area contributed by atoms with Crippen molar-refractivity contribution in [2.24, 2.45) is 5.92 Å². The van der Waals surface area contributed by atoms with Gasteiger partial charge in [0.2, 0.25) is 5.91 Å². The van der Waals surface area contributed by atoms with Gasteiger partial charge in [0.25, 0.3) is 0 Å². The Morgan fingerprint density at radius 1 is 1.50 bits per heavy atom. The SMILES string of the molecule is CN1CCC(N2CC(CO)CC2=O)C1. The number of nitrogens with zero attached hydrogens (tertiary/aromatic N) is 2. The van der Waals surface area contributed by atoms with Crippen molar-refractivity contribution in [2.75, 3.05) is 33.3 Å². The molecule has 0 aromatic rings. The Morgan fingerprint density at radius 3 is 2.79 bits per heavy atom. The molecule has 80 valence electrons. The van der Waals surface area contributed by atoms with Gasteiger partial charge in [-0.05, 0) is 20.0 Å². The van der Waals surface area contributed by atoms with Crippen LogP contribution in [-0.2, 0) is 4.79 Å². The van der Waals surface area contributed by atoms with E-state index in [0.717, 1.165) is 26.1 Å². The monoisotopic (exact) mass is 198 g/mol. The van der Waals surface area contributed by atoms with Crippen molar-refractivity contribution < 1.29 is 9.90 Å². The summed E-state index contributed by atoms with van der Waals surface area (Å²) in [5.74, 6) is 0.401. The van der Waals surface area contributed by atoms with Crippen LogP contribution in [0.15, 0.2) is 0 Å². The summed E-state index contributed by atoms with van der Waals surface area (Å²) >= 11 is 0. The van der Waals surface area contributed by atoms with Crippen LogP contribution in [0.25, 0.3) is 0 Å². The molecular weight excluding hydrogens is 180 g/mol. The summed E-state index contributed by atoms with van der Waals surface area (Å²) in [6.45, 7) is 2.97. The first-order chi connectivity index (χ1) is 6.70. The number of rotatable bonds is 2. The number of amides is 1. The lowest BCUT2D eigenvalue weighted by molar-refractivity contribution is -0.129. The fourth-order valence-electron chi connectivity index (χ4n) is 2.45. The number of hydrogen-bond donors (Lipinski definition) is 1. The summed E-state index contributed by atoms with van der Waals surface area (Å²) in [6, 6.07) is 0.393. The molecule has 0 aromatic heterocycles. The van der Waals surface area contributed by atoms with Gasteiger partial charge in [-0.2, -0.15) is 0 Å². The zero-order chi connectivity index (χ0) is 10.1. The van der Waals surface area contributed by atoms with E-state index in [1.807, 2.05) is 4.90 Å². The Balaban J connectivity index is 1.95. The van der Waals surface area contributed by atoms with Crippen molar-refractivity contribution in [1.82, 2.24) is 9.80 Å². The second-order valence-corrected chi connectivity index (χ2v) is 4.50. The van der Waals surface area contributed by atoms with E-state index in [1.165, 1.54) is 0 Å². The van der Waals surface area contributed by atoms with E-state index in [4.69, 9.17) is 5.11 Å². The molecule has 2 aliphatic heterocycles. The average Bonchev–Trinajstić information content (AvgIpc) is 2.71. The standard InChI is InChI=1S/C10H18N2O2/c1-11-3-2-9(6-11)12-5-8(7-13)4-10(12)14/h8-9,13H,2-7H2,1H3. The summed E-state index contributed by atoms with van der Waals surface area (Å²) in [7, 11) is 2.09. The van der Waals surface area contributed by atoms with Crippen molar-refractivity contribution in [3.8, 4) is 0 Å². The summed E-state index contributed by atoms with van der Waals surface area (Å²) in [4.78, 5) is 15.9. The molecule has 2 unspecified atom stereocenters. The van der Waals surface area contributed by atoms with Crippen molar-refractivity contribution in [2.45, 2.75) is 18.9 Å². The van der Waals surface area contributed by atoms with Gasteiger partial charge in [0.1, 0.15) is 0 Å². The lowest BCUT2D eigenvalue weighted by Gasteiger charge is -2.24. The predicted molar refractivity (Wildman–Crippen MR) is 52.8 cm³/mol. The highest BCUT2D eigenvalue weighted by Gasteiger charge is 2.36. The van der Waals surface area contributed by atoms with E-state index >= 15 is 0 Å². The molecule has 2 rings (SSSR count). The number of hydrogen-bond acceptors (Lipinski definition) is 3. The first-order valence-corrected chi connectivity index (χ1v) is 5.29. The fourth-order valence-corrected chi connectivity index (χ4v) is 2.45.